The van der Waals surface area contributed by atoms with Gasteiger partial charge in [0.25, 0.3) is 5.69 Å². The number of morpholine rings is 1. The molecule has 3 rings (SSSR count). The number of fused-ring (bicyclic) bond motifs is 1. The molecular formula is C13H12N2O5. The van der Waals surface area contributed by atoms with Crippen molar-refractivity contribution in [2.75, 3.05) is 31.2 Å². The zero-order chi connectivity index (χ0) is 14.1. The molecule has 20 heavy (non-hydrogen) atoms. The van der Waals surface area contributed by atoms with E-state index in [1.54, 1.807) is 0 Å². The van der Waals surface area contributed by atoms with E-state index >= 15 is 0 Å². The molecule has 7 heteroatoms. The first-order valence-electron chi connectivity index (χ1n) is 6.20. The number of anilines is 1. The van der Waals surface area contributed by atoms with Crippen molar-refractivity contribution >= 4 is 22.5 Å². The molecule has 0 atom stereocenters. The van der Waals surface area contributed by atoms with E-state index in [0.29, 0.717) is 37.8 Å². The normalized spacial score (nSPS) is 15.5. The molecule has 0 radical (unpaired) electrons. The number of nitrogens with zero attached hydrogens (tertiary/aromatic N) is 2. The molecule has 0 amide bonds. The Labute approximate surface area is 113 Å². The van der Waals surface area contributed by atoms with Gasteiger partial charge in [-0.3, -0.25) is 14.9 Å². The first-order valence-corrected chi connectivity index (χ1v) is 6.20. The molecule has 1 aromatic heterocycles. The summed E-state index contributed by atoms with van der Waals surface area (Å²) in [5.74, 6) is 0.472. The topological polar surface area (TPSA) is 85.8 Å². The SMILES string of the molecule is O=c1cc(N2CCOCC2)oc2ccc([N+](=O)[O-])cc12. The van der Waals surface area contributed by atoms with Crippen LogP contribution in [0.15, 0.2) is 33.5 Å². The van der Waals surface area contributed by atoms with Crippen molar-refractivity contribution in [3.63, 3.8) is 0 Å². The Kier molecular flexibility index (Phi) is 3.11. The maximum absolute atomic E-state index is 12.1. The molecule has 1 aliphatic rings. The van der Waals surface area contributed by atoms with E-state index in [1.165, 1.54) is 24.3 Å². The van der Waals surface area contributed by atoms with Gasteiger partial charge >= 0.3 is 0 Å². The summed E-state index contributed by atoms with van der Waals surface area (Å²) in [4.78, 5) is 24.2. The van der Waals surface area contributed by atoms with Gasteiger partial charge in [-0.15, -0.1) is 0 Å². The van der Waals surface area contributed by atoms with E-state index in [0.717, 1.165) is 0 Å². The summed E-state index contributed by atoms with van der Waals surface area (Å²) >= 11 is 0. The summed E-state index contributed by atoms with van der Waals surface area (Å²) in [6.07, 6.45) is 0. The first-order chi connectivity index (χ1) is 9.65. The van der Waals surface area contributed by atoms with Gasteiger partial charge in [0.05, 0.1) is 23.5 Å². The van der Waals surface area contributed by atoms with Gasteiger partial charge in [0.2, 0.25) is 0 Å². The second-order valence-electron chi connectivity index (χ2n) is 4.49. The van der Waals surface area contributed by atoms with Gasteiger partial charge in [0.1, 0.15) is 5.58 Å². The number of hydrogen-bond donors (Lipinski definition) is 0. The van der Waals surface area contributed by atoms with Gasteiger partial charge in [-0.2, -0.15) is 0 Å². The second kappa shape index (κ2) is 4.93. The lowest BCUT2D eigenvalue weighted by atomic mass is 10.2. The quantitative estimate of drug-likeness (QED) is 0.611. The van der Waals surface area contributed by atoms with Crippen LogP contribution < -0.4 is 10.3 Å². The molecule has 2 heterocycles. The van der Waals surface area contributed by atoms with Crippen LogP contribution in [-0.4, -0.2) is 31.2 Å². The first kappa shape index (κ1) is 12.6. The predicted molar refractivity (Wildman–Crippen MR) is 72.2 cm³/mol. The van der Waals surface area contributed by atoms with Crippen LogP contribution in [0.3, 0.4) is 0 Å². The summed E-state index contributed by atoms with van der Waals surface area (Å²) in [6, 6.07) is 5.40. The lowest BCUT2D eigenvalue weighted by molar-refractivity contribution is -0.384. The fourth-order valence-corrected chi connectivity index (χ4v) is 2.18. The Hall–Kier alpha value is -2.41. The third kappa shape index (κ3) is 2.23. The summed E-state index contributed by atoms with van der Waals surface area (Å²) in [5.41, 5.74) is -0.0510. The number of nitro groups is 1. The van der Waals surface area contributed by atoms with Crippen molar-refractivity contribution in [3.8, 4) is 0 Å². The van der Waals surface area contributed by atoms with Crippen molar-refractivity contribution in [2.24, 2.45) is 0 Å². The zero-order valence-corrected chi connectivity index (χ0v) is 10.6. The van der Waals surface area contributed by atoms with Crippen molar-refractivity contribution < 1.29 is 14.1 Å². The number of ether oxygens (including phenoxy) is 1. The minimum Gasteiger partial charge on any atom is -0.440 e. The van der Waals surface area contributed by atoms with E-state index in [-0.39, 0.29) is 16.5 Å². The van der Waals surface area contributed by atoms with Crippen molar-refractivity contribution in [3.05, 3.63) is 44.6 Å². The van der Waals surface area contributed by atoms with Crippen LogP contribution in [0, 0.1) is 10.1 Å². The van der Waals surface area contributed by atoms with Gasteiger partial charge in [-0.05, 0) is 6.07 Å². The van der Waals surface area contributed by atoms with E-state index in [1.807, 2.05) is 4.90 Å². The van der Waals surface area contributed by atoms with E-state index in [4.69, 9.17) is 9.15 Å². The second-order valence-corrected chi connectivity index (χ2v) is 4.49. The van der Waals surface area contributed by atoms with E-state index in [9.17, 15) is 14.9 Å². The molecule has 104 valence electrons. The highest BCUT2D eigenvalue weighted by molar-refractivity contribution is 5.80. The van der Waals surface area contributed by atoms with E-state index in [2.05, 4.69) is 0 Å². The Morgan fingerprint density at radius 3 is 2.65 bits per heavy atom. The Bertz CT molecular complexity index is 718. The minimum atomic E-state index is -0.533. The molecule has 2 aromatic rings. The lowest BCUT2D eigenvalue weighted by Gasteiger charge is -2.27. The number of nitro benzene ring substituents is 1. The molecule has 0 N–H and O–H groups in total. The van der Waals surface area contributed by atoms with Gasteiger partial charge in [0, 0.05) is 31.3 Å². The summed E-state index contributed by atoms with van der Waals surface area (Å²) < 4.78 is 10.9. The number of non-ortho nitro benzene ring substituents is 1. The monoisotopic (exact) mass is 276 g/mol. The number of rotatable bonds is 2. The standard InChI is InChI=1S/C13H12N2O5/c16-11-8-13(14-3-5-19-6-4-14)20-12-2-1-9(15(17)18)7-10(11)12/h1-2,7-8H,3-6H2. The Morgan fingerprint density at radius 2 is 1.95 bits per heavy atom. The van der Waals surface area contributed by atoms with Crippen LogP contribution in [0.4, 0.5) is 11.6 Å². The number of benzene rings is 1. The molecule has 0 unspecified atom stereocenters. The smallest absolute Gasteiger partial charge is 0.270 e. The minimum absolute atomic E-state index is 0.121. The zero-order valence-electron chi connectivity index (χ0n) is 10.6. The fraction of sp³-hybridized carbons (Fsp3) is 0.308. The third-order valence-electron chi connectivity index (χ3n) is 3.23. The maximum atomic E-state index is 12.1. The predicted octanol–water partition coefficient (Wildman–Crippen LogP) is 1.54. The van der Waals surface area contributed by atoms with Crippen LogP contribution in [0.25, 0.3) is 11.0 Å². The highest BCUT2D eigenvalue weighted by Crippen LogP contribution is 2.23. The van der Waals surface area contributed by atoms with Crippen LogP contribution in [0.1, 0.15) is 0 Å². The lowest BCUT2D eigenvalue weighted by Crippen LogP contribution is -2.36. The van der Waals surface area contributed by atoms with Crippen molar-refractivity contribution in [1.29, 1.82) is 0 Å². The van der Waals surface area contributed by atoms with Gasteiger partial charge in [-0.25, -0.2) is 0 Å². The molecule has 0 bridgehead atoms. The van der Waals surface area contributed by atoms with Crippen LogP contribution in [-0.2, 0) is 4.74 Å². The Balaban J connectivity index is 2.08. The van der Waals surface area contributed by atoms with Gasteiger partial charge in [-0.1, -0.05) is 0 Å². The molecule has 1 fully saturated rings. The molecule has 0 aliphatic carbocycles. The molecule has 1 aromatic carbocycles. The van der Waals surface area contributed by atoms with Crippen molar-refractivity contribution in [1.82, 2.24) is 0 Å². The van der Waals surface area contributed by atoms with Crippen LogP contribution in [0.2, 0.25) is 0 Å². The molecular weight excluding hydrogens is 264 g/mol. The number of hydrogen-bond acceptors (Lipinski definition) is 6. The summed E-state index contributed by atoms with van der Waals surface area (Å²) in [5, 5.41) is 10.9. The summed E-state index contributed by atoms with van der Waals surface area (Å²) in [6.45, 7) is 2.48. The highest BCUT2D eigenvalue weighted by Gasteiger charge is 2.16. The van der Waals surface area contributed by atoms with Crippen LogP contribution >= 0.6 is 0 Å². The largest absolute Gasteiger partial charge is 0.440 e. The van der Waals surface area contributed by atoms with E-state index < -0.39 is 4.92 Å². The van der Waals surface area contributed by atoms with Gasteiger partial charge < -0.3 is 14.1 Å². The average molecular weight is 276 g/mol. The maximum Gasteiger partial charge on any atom is 0.270 e. The fourth-order valence-electron chi connectivity index (χ4n) is 2.18. The summed E-state index contributed by atoms with van der Waals surface area (Å²) in [7, 11) is 0. The Morgan fingerprint density at radius 1 is 1.20 bits per heavy atom. The molecule has 1 aliphatic heterocycles. The van der Waals surface area contributed by atoms with Crippen LogP contribution in [0.5, 0.6) is 0 Å². The third-order valence-corrected chi connectivity index (χ3v) is 3.23. The molecule has 7 nitrogen and oxygen atoms in total. The average Bonchev–Trinajstić information content (AvgIpc) is 2.47. The highest BCUT2D eigenvalue weighted by atomic mass is 16.6. The van der Waals surface area contributed by atoms with Crippen molar-refractivity contribution in [2.45, 2.75) is 0 Å². The molecule has 1 saturated heterocycles. The molecule has 0 spiro atoms. The molecule has 0 saturated carbocycles. The van der Waals surface area contributed by atoms with Gasteiger partial charge in [0.15, 0.2) is 11.3 Å².